The van der Waals surface area contributed by atoms with Crippen molar-refractivity contribution in [1.29, 1.82) is 0 Å². The first kappa shape index (κ1) is 19.1. The zero-order valence-electron chi connectivity index (χ0n) is 16.2. The summed E-state index contributed by atoms with van der Waals surface area (Å²) in [5.74, 6) is 1.48. The van der Waals surface area contributed by atoms with Crippen LogP contribution in [0.5, 0.6) is 0 Å². The van der Waals surface area contributed by atoms with Crippen molar-refractivity contribution in [3.8, 4) is 5.82 Å². The quantitative estimate of drug-likeness (QED) is 0.642. The van der Waals surface area contributed by atoms with Gasteiger partial charge in [0.05, 0.1) is 18.1 Å². The molecule has 0 saturated carbocycles. The maximum Gasteiger partial charge on any atom is 0.174 e. The molecule has 0 unspecified atom stereocenters. The van der Waals surface area contributed by atoms with Crippen molar-refractivity contribution in [2.45, 2.75) is 32.1 Å². The minimum atomic E-state index is 0.0227. The van der Waals surface area contributed by atoms with E-state index in [0.717, 1.165) is 60.1 Å². The van der Waals surface area contributed by atoms with Crippen molar-refractivity contribution < 1.29 is 4.74 Å². The van der Waals surface area contributed by atoms with Crippen molar-refractivity contribution in [3.63, 3.8) is 0 Å². The van der Waals surface area contributed by atoms with Gasteiger partial charge in [-0.2, -0.15) is 5.10 Å². The maximum atomic E-state index is 5.64. The van der Waals surface area contributed by atoms with Crippen LogP contribution in [0, 0.1) is 13.8 Å². The minimum absolute atomic E-state index is 0.0227. The first-order valence-electron chi connectivity index (χ1n) is 9.49. The highest BCUT2D eigenvalue weighted by Gasteiger charge is 2.34. The molecular weight excluding hydrogens is 418 g/mol. The van der Waals surface area contributed by atoms with E-state index in [4.69, 9.17) is 9.72 Å². The van der Waals surface area contributed by atoms with Crippen LogP contribution in [0.1, 0.15) is 29.8 Å². The third kappa shape index (κ3) is 3.95. The highest BCUT2D eigenvalue weighted by molar-refractivity contribution is 9.10. The van der Waals surface area contributed by atoms with Crippen molar-refractivity contribution in [2.24, 2.45) is 0 Å². The smallest absolute Gasteiger partial charge is 0.174 e. The molecule has 0 atom stereocenters. The molecule has 1 aliphatic heterocycles. The zero-order valence-corrected chi connectivity index (χ0v) is 17.7. The molecule has 2 aromatic heterocycles. The first-order valence-corrected chi connectivity index (χ1v) is 10.3. The van der Waals surface area contributed by atoms with Gasteiger partial charge in [0, 0.05) is 35.3 Å². The fourth-order valence-electron chi connectivity index (χ4n) is 3.80. The summed E-state index contributed by atoms with van der Waals surface area (Å²) in [5, 5.41) is 8.03. The fourth-order valence-corrected chi connectivity index (χ4v) is 4.06. The summed E-state index contributed by atoms with van der Waals surface area (Å²) >= 11 is 3.53. The standard InChI is InChI=1S/C21H24BrN5O/c1-15-11-16(2)27(26-15)20-13-23-12-19(25-20)24-14-21(7-9-28-10-8-21)17-3-5-18(22)6-4-17/h3-6,11-13H,7-10,14H2,1-2H3,(H,24,25). The van der Waals surface area contributed by atoms with Crippen LogP contribution in [-0.4, -0.2) is 39.5 Å². The molecule has 4 rings (SSSR count). The average Bonchev–Trinajstić information content (AvgIpc) is 3.06. The van der Waals surface area contributed by atoms with E-state index in [-0.39, 0.29) is 5.41 Å². The summed E-state index contributed by atoms with van der Waals surface area (Å²) in [6.07, 6.45) is 5.46. The molecule has 0 spiro atoms. The van der Waals surface area contributed by atoms with Gasteiger partial charge in [0.2, 0.25) is 0 Å². The van der Waals surface area contributed by atoms with E-state index in [9.17, 15) is 0 Å². The topological polar surface area (TPSA) is 64.9 Å². The Morgan fingerprint density at radius 2 is 1.89 bits per heavy atom. The number of halogens is 1. The van der Waals surface area contributed by atoms with Crippen LogP contribution in [0.3, 0.4) is 0 Å². The van der Waals surface area contributed by atoms with Crippen LogP contribution >= 0.6 is 15.9 Å². The Morgan fingerprint density at radius 1 is 1.14 bits per heavy atom. The summed E-state index contributed by atoms with van der Waals surface area (Å²) in [6.45, 7) is 6.33. The summed E-state index contributed by atoms with van der Waals surface area (Å²) in [5.41, 5.74) is 3.36. The van der Waals surface area contributed by atoms with E-state index >= 15 is 0 Å². The number of nitrogens with zero attached hydrogens (tertiary/aromatic N) is 4. The van der Waals surface area contributed by atoms with Crippen LogP contribution in [0.25, 0.3) is 5.82 Å². The Balaban J connectivity index is 1.57. The lowest BCUT2D eigenvalue weighted by Gasteiger charge is -2.38. The number of hydrogen-bond donors (Lipinski definition) is 1. The van der Waals surface area contributed by atoms with Gasteiger partial charge in [0.1, 0.15) is 5.82 Å². The number of rotatable bonds is 5. The predicted molar refractivity (Wildman–Crippen MR) is 113 cm³/mol. The second-order valence-electron chi connectivity index (χ2n) is 7.35. The first-order chi connectivity index (χ1) is 13.6. The molecule has 1 N–H and O–H groups in total. The van der Waals surface area contributed by atoms with Crippen LogP contribution in [0.2, 0.25) is 0 Å². The molecule has 3 heterocycles. The molecule has 146 valence electrons. The Hall–Kier alpha value is -2.25. The largest absolute Gasteiger partial charge is 0.381 e. The summed E-state index contributed by atoms with van der Waals surface area (Å²) < 4.78 is 8.56. The van der Waals surface area contributed by atoms with Gasteiger partial charge < -0.3 is 10.1 Å². The van der Waals surface area contributed by atoms with E-state index in [0.29, 0.717) is 0 Å². The Bertz CT molecular complexity index is 948. The van der Waals surface area contributed by atoms with E-state index in [1.807, 2.05) is 24.6 Å². The van der Waals surface area contributed by atoms with Crippen LogP contribution in [0.15, 0.2) is 47.2 Å². The molecule has 28 heavy (non-hydrogen) atoms. The van der Waals surface area contributed by atoms with E-state index in [1.165, 1.54) is 5.56 Å². The molecule has 1 saturated heterocycles. The van der Waals surface area contributed by atoms with E-state index in [1.54, 1.807) is 12.4 Å². The van der Waals surface area contributed by atoms with Crippen LogP contribution < -0.4 is 5.32 Å². The Morgan fingerprint density at radius 3 is 2.57 bits per heavy atom. The maximum absolute atomic E-state index is 5.64. The second-order valence-corrected chi connectivity index (χ2v) is 8.27. The molecule has 3 aromatic rings. The molecule has 1 fully saturated rings. The van der Waals surface area contributed by atoms with Gasteiger partial charge in [0.25, 0.3) is 0 Å². The van der Waals surface area contributed by atoms with Gasteiger partial charge >= 0.3 is 0 Å². The second kappa shape index (κ2) is 8.01. The summed E-state index contributed by atoms with van der Waals surface area (Å²) in [7, 11) is 0. The summed E-state index contributed by atoms with van der Waals surface area (Å²) in [4.78, 5) is 9.09. The van der Waals surface area contributed by atoms with Gasteiger partial charge in [0.15, 0.2) is 5.82 Å². The molecule has 1 aromatic carbocycles. The number of anilines is 1. The fraction of sp³-hybridized carbons (Fsp3) is 0.381. The van der Waals surface area contributed by atoms with Gasteiger partial charge in [-0.1, -0.05) is 28.1 Å². The Kier molecular flexibility index (Phi) is 5.46. The summed E-state index contributed by atoms with van der Waals surface area (Å²) in [6, 6.07) is 10.7. The van der Waals surface area contributed by atoms with Gasteiger partial charge in [-0.05, 0) is 50.5 Å². The lowest BCUT2D eigenvalue weighted by molar-refractivity contribution is 0.0543. The van der Waals surface area contributed by atoms with E-state index in [2.05, 4.69) is 55.6 Å². The van der Waals surface area contributed by atoms with Gasteiger partial charge in [-0.15, -0.1) is 0 Å². The normalized spacial score (nSPS) is 16.1. The molecular formula is C21H24BrN5O. The SMILES string of the molecule is Cc1cc(C)n(-c2cncc(NCC3(c4ccc(Br)cc4)CCOCC3)n2)n1. The third-order valence-electron chi connectivity index (χ3n) is 5.36. The third-order valence-corrected chi connectivity index (χ3v) is 5.89. The monoisotopic (exact) mass is 441 g/mol. The molecule has 1 aliphatic rings. The molecule has 0 bridgehead atoms. The van der Waals surface area contributed by atoms with Crippen LogP contribution in [-0.2, 0) is 10.2 Å². The zero-order chi connectivity index (χ0) is 19.6. The molecule has 7 heteroatoms. The highest BCUT2D eigenvalue weighted by Crippen LogP contribution is 2.35. The number of nitrogens with one attached hydrogen (secondary N) is 1. The lowest BCUT2D eigenvalue weighted by atomic mass is 9.74. The number of aromatic nitrogens is 4. The van der Waals surface area contributed by atoms with Crippen LogP contribution in [0.4, 0.5) is 5.82 Å². The number of hydrogen-bond acceptors (Lipinski definition) is 5. The van der Waals surface area contributed by atoms with Crippen molar-refractivity contribution in [3.05, 3.63) is 64.1 Å². The lowest BCUT2D eigenvalue weighted by Crippen LogP contribution is -2.40. The van der Waals surface area contributed by atoms with Crippen molar-refractivity contribution >= 4 is 21.7 Å². The molecule has 6 nitrogen and oxygen atoms in total. The number of ether oxygens (including phenoxy) is 1. The molecule has 0 aliphatic carbocycles. The van der Waals surface area contributed by atoms with Crippen molar-refractivity contribution in [1.82, 2.24) is 19.7 Å². The Labute approximate surface area is 173 Å². The number of aryl methyl sites for hydroxylation is 2. The molecule has 0 radical (unpaired) electrons. The highest BCUT2D eigenvalue weighted by atomic mass is 79.9. The van der Waals surface area contributed by atoms with Gasteiger partial charge in [-0.3, -0.25) is 4.98 Å². The van der Waals surface area contributed by atoms with Gasteiger partial charge in [-0.25, -0.2) is 9.67 Å². The van der Waals surface area contributed by atoms with Crippen molar-refractivity contribution in [2.75, 3.05) is 25.1 Å². The average molecular weight is 442 g/mol. The molecule has 0 amide bonds. The minimum Gasteiger partial charge on any atom is -0.381 e. The predicted octanol–water partition coefficient (Wildman–Crippen LogP) is 4.20. The number of benzene rings is 1. The van der Waals surface area contributed by atoms with E-state index < -0.39 is 0 Å².